The van der Waals surface area contributed by atoms with Gasteiger partial charge < -0.3 is 15.5 Å². The fourth-order valence-electron chi connectivity index (χ4n) is 0.510. The molecule has 0 aromatic carbocycles. The van der Waals surface area contributed by atoms with Gasteiger partial charge in [0.1, 0.15) is 6.61 Å². The molecule has 70 valence electrons. The molecule has 0 aliphatic heterocycles. The van der Waals surface area contributed by atoms with Gasteiger partial charge >= 0.3 is 5.97 Å². The Morgan fingerprint density at radius 3 is 2.58 bits per heavy atom. The minimum absolute atomic E-state index is 0.0626. The van der Waals surface area contributed by atoms with Crippen molar-refractivity contribution in [3.8, 4) is 0 Å². The van der Waals surface area contributed by atoms with Crippen molar-refractivity contribution in [2.24, 2.45) is 0 Å². The van der Waals surface area contributed by atoms with Gasteiger partial charge in [0.05, 0.1) is 11.1 Å². The zero-order chi connectivity index (χ0) is 9.56. The van der Waals surface area contributed by atoms with E-state index in [0.717, 1.165) is 11.8 Å². The summed E-state index contributed by atoms with van der Waals surface area (Å²) in [7, 11) is 0. The van der Waals surface area contributed by atoms with Crippen LogP contribution in [0.2, 0.25) is 0 Å². The number of carboxylic acid groups (broad SMARTS) is 1. The number of thioether (sulfide) groups is 1. The summed E-state index contributed by atoms with van der Waals surface area (Å²) < 4.78 is 0. The molecule has 1 amide bonds. The van der Waals surface area contributed by atoms with Gasteiger partial charge in [0.15, 0.2) is 0 Å². The van der Waals surface area contributed by atoms with Crippen LogP contribution in [0.5, 0.6) is 0 Å². The van der Waals surface area contributed by atoms with Crippen LogP contribution in [0.25, 0.3) is 0 Å². The Hall–Kier alpha value is -0.750. The van der Waals surface area contributed by atoms with E-state index in [-0.39, 0.29) is 11.1 Å². The van der Waals surface area contributed by atoms with Crippen molar-refractivity contribution in [3.63, 3.8) is 0 Å². The molecule has 6 heteroatoms. The Morgan fingerprint density at radius 2 is 2.17 bits per heavy atom. The average Bonchev–Trinajstić information content (AvgIpc) is 2.00. The largest absolute Gasteiger partial charge is 0.481 e. The first kappa shape index (κ1) is 11.2. The molecular formula is C6H11NO4S. The maximum Gasteiger partial charge on any atom is 0.313 e. The van der Waals surface area contributed by atoms with E-state index in [4.69, 9.17) is 10.2 Å². The Labute approximate surface area is 74.1 Å². The molecule has 3 N–H and O–H groups in total. The Kier molecular flexibility index (Phi) is 5.48. The molecule has 12 heavy (non-hydrogen) atoms. The number of aliphatic hydroxyl groups is 1. The standard InChI is InChI=1S/C6H11NO4S/c1-4(7-5(9)2-8)12-3-6(10)11/h4,8H,2-3H2,1H3,(H,7,9)(H,10,11). The Balaban J connectivity index is 3.52. The highest BCUT2D eigenvalue weighted by Gasteiger charge is 2.07. The lowest BCUT2D eigenvalue weighted by molar-refractivity contribution is -0.134. The van der Waals surface area contributed by atoms with Crippen molar-refractivity contribution in [2.75, 3.05) is 12.4 Å². The zero-order valence-corrected chi connectivity index (χ0v) is 7.43. The fourth-order valence-corrected chi connectivity index (χ4v) is 1.12. The zero-order valence-electron chi connectivity index (χ0n) is 6.61. The van der Waals surface area contributed by atoms with Crippen molar-refractivity contribution in [2.45, 2.75) is 12.3 Å². The number of hydrogen-bond acceptors (Lipinski definition) is 4. The van der Waals surface area contributed by atoms with Gasteiger partial charge in [0, 0.05) is 0 Å². The molecule has 5 nitrogen and oxygen atoms in total. The fraction of sp³-hybridized carbons (Fsp3) is 0.667. The summed E-state index contributed by atoms with van der Waals surface area (Å²) in [4.78, 5) is 20.6. The van der Waals surface area contributed by atoms with Crippen molar-refractivity contribution >= 4 is 23.6 Å². The molecule has 0 spiro atoms. The molecule has 0 saturated carbocycles. The van der Waals surface area contributed by atoms with Crippen molar-refractivity contribution in [1.82, 2.24) is 5.32 Å². The lowest BCUT2D eigenvalue weighted by Crippen LogP contribution is -2.33. The Morgan fingerprint density at radius 1 is 1.58 bits per heavy atom. The molecular weight excluding hydrogens is 182 g/mol. The van der Waals surface area contributed by atoms with Crippen LogP contribution in [0.1, 0.15) is 6.92 Å². The normalized spacial score (nSPS) is 12.2. The lowest BCUT2D eigenvalue weighted by atomic mass is 10.6. The van der Waals surface area contributed by atoms with Gasteiger partial charge in [-0.25, -0.2) is 0 Å². The number of aliphatic carboxylic acids is 1. The number of carbonyl (C=O) groups excluding carboxylic acids is 1. The molecule has 0 bridgehead atoms. The number of hydrogen-bond donors (Lipinski definition) is 3. The molecule has 1 unspecified atom stereocenters. The van der Waals surface area contributed by atoms with Gasteiger partial charge in [-0.05, 0) is 6.92 Å². The number of nitrogens with one attached hydrogen (secondary N) is 1. The van der Waals surface area contributed by atoms with Crippen LogP contribution >= 0.6 is 11.8 Å². The Bertz CT molecular complexity index is 173. The van der Waals surface area contributed by atoms with Gasteiger partial charge in [-0.2, -0.15) is 0 Å². The minimum atomic E-state index is -0.926. The van der Waals surface area contributed by atoms with Gasteiger partial charge in [-0.1, -0.05) is 0 Å². The van der Waals surface area contributed by atoms with Gasteiger partial charge in [0.25, 0.3) is 0 Å². The number of carbonyl (C=O) groups is 2. The second kappa shape index (κ2) is 5.84. The molecule has 0 saturated heterocycles. The van der Waals surface area contributed by atoms with Gasteiger partial charge in [-0.15, -0.1) is 11.8 Å². The summed E-state index contributed by atoms with van der Waals surface area (Å²) in [6.07, 6.45) is 0. The third-order valence-electron chi connectivity index (χ3n) is 0.965. The van der Waals surface area contributed by atoms with Crippen molar-refractivity contribution in [1.29, 1.82) is 0 Å². The molecule has 0 rings (SSSR count). The van der Waals surface area contributed by atoms with E-state index in [1.807, 2.05) is 0 Å². The van der Waals surface area contributed by atoms with E-state index in [2.05, 4.69) is 5.32 Å². The van der Waals surface area contributed by atoms with E-state index in [0.29, 0.717) is 0 Å². The van der Waals surface area contributed by atoms with Gasteiger partial charge in [0.2, 0.25) is 5.91 Å². The van der Waals surface area contributed by atoms with E-state index < -0.39 is 18.5 Å². The van der Waals surface area contributed by atoms with Crippen LogP contribution in [0, 0.1) is 0 Å². The molecule has 0 fully saturated rings. The van der Waals surface area contributed by atoms with E-state index in [1.54, 1.807) is 6.92 Å². The number of amides is 1. The molecule has 0 aromatic heterocycles. The number of rotatable bonds is 5. The molecule has 0 aromatic rings. The maximum absolute atomic E-state index is 10.5. The predicted molar refractivity (Wildman–Crippen MR) is 44.8 cm³/mol. The minimum Gasteiger partial charge on any atom is -0.481 e. The van der Waals surface area contributed by atoms with Crippen molar-refractivity contribution in [3.05, 3.63) is 0 Å². The highest BCUT2D eigenvalue weighted by atomic mass is 32.2. The monoisotopic (exact) mass is 193 g/mol. The highest BCUT2D eigenvalue weighted by molar-refractivity contribution is 8.00. The number of carboxylic acids is 1. The number of aliphatic hydroxyl groups excluding tert-OH is 1. The third kappa shape index (κ3) is 5.99. The first-order valence-corrected chi connectivity index (χ1v) is 4.34. The molecule has 0 aliphatic rings. The maximum atomic E-state index is 10.5. The second-order valence-electron chi connectivity index (χ2n) is 2.07. The molecule has 0 radical (unpaired) electrons. The van der Waals surface area contributed by atoms with Crippen LogP contribution in [-0.2, 0) is 9.59 Å². The van der Waals surface area contributed by atoms with Crippen LogP contribution < -0.4 is 5.32 Å². The summed E-state index contributed by atoms with van der Waals surface area (Å²) in [6.45, 7) is 1.08. The quantitative estimate of drug-likeness (QED) is 0.500. The van der Waals surface area contributed by atoms with Crippen LogP contribution in [0.3, 0.4) is 0 Å². The van der Waals surface area contributed by atoms with E-state index in [1.165, 1.54) is 0 Å². The van der Waals surface area contributed by atoms with E-state index >= 15 is 0 Å². The summed E-state index contributed by atoms with van der Waals surface area (Å²) in [5, 5.41) is 18.7. The first-order valence-electron chi connectivity index (χ1n) is 3.30. The predicted octanol–water partition coefficient (Wildman–Crippen LogP) is -0.741. The molecule has 0 heterocycles. The summed E-state index contributed by atoms with van der Waals surface area (Å²) in [6, 6.07) is 0. The topological polar surface area (TPSA) is 86.6 Å². The molecule has 1 atom stereocenters. The summed E-state index contributed by atoms with van der Waals surface area (Å²) >= 11 is 1.09. The average molecular weight is 193 g/mol. The first-order chi connectivity index (χ1) is 5.56. The van der Waals surface area contributed by atoms with E-state index in [9.17, 15) is 9.59 Å². The van der Waals surface area contributed by atoms with Crippen LogP contribution in [-0.4, -0.2) is 39.8 Å². The summed E-state index contributed by atoms with van der Waals surface area (Å²) in [5.74, 6) is -1.49. The summed E-state index contributed by atoms with van der Waals surface area (Å²) in [5.41, 5.74) is 0. The van der Waals surface area contributed by atoms with Crippen LogP contribution in [0.15, 0.2) is 0 Å². The van der Waals surface area contributed by atoms with Crippen molar-refractivity contribution < 1.29 is 19.8 Å². The lowest BCUT2D eigenvalue weighted by Gasteiger charge is -2.10. The molecule has 0 aliphatic carbocycles. The van der Waals surface area contributed by atoms with Crippen LogP contribution in [0.4, 0.5) is 0 Å². The smallest absolute Gasteiger partial charge is 0.313 e. The third-order valence-corrected chi connectivity index (χ3v) is 2.00. The van der Waals surface area contributed by atoms with Gasteiger partial charge in [-0.3, -0.25) is 9.59 Å². The SMILES string of the molecule is CC(NC(=O)CO)SCC(=O)O. The second-order valence-corrected chi connectivity index (χ2v) is 3.40. The highest BCUT2D eigenvalue weighted by Crippen LogP contribution is 2.05.